The Kier molecular flexibility index (Phi) is 5.06. The summed E-state index contributed by atoms with van der Waals surface area (Å²) in [6.45, 7) is 0.825. The van der Waals surface area contributed by atoms with Gasteiger partial charge in [-0.25, -0.2) is 8.42 Å². The summed E-state index contributed by atoms with van der Waals surface area (Å²) in [7, 11) is -3.72. The average Bonchev–Trinajstić information content (AvgIpc) is 2.46. The van der Waals surface area contributed by atoms with E-state index in [1.165, 1.54) is 12.1 Å². The van der Waals surface area contributed by atoms with Crippen molar-refractivity contribution in [1.82, 2.24) is 0 Å². The first-order valence-corrected chi connectivity index (χ1v) is 8.09. The molecule has 0 amide bonds. The first kappa shape index (κ1) is 15.6. The van der Waals surface area contributed by atoms with E-state index in [2.05, 4.69) is 4.72 Å². The molecule has 3 N–H and O–H groups in total. The number of hydrogen-bond donors (Lipinski definition) is 2. The second kappa shape index (κ2) is 6.80. The van der Waals surface area contributed by atoms with E-state index in [0.717, 1.165) is 0 Å². The van der Waals surface area contributed by atoms with Gasteiger partial charge in [-0.3, -0.25) is 4.72 Å². The van der Waals surface area contributed by atoms with E-state index >= 15 is 0 Å². The highest BCUT2D eigenvalue weighted by atomic mass is 35.5. The molecule has 0 aliphatic heterocycles. The summed E-state index contributed by atoms with van der Waals surface area (Å²) >= 11 is 5.91. The molecule has 5 nitrogen and oxygen atoms in total. The average molecular weight is 327 g/mol. The Bertz CT molecular complexity index is 702. The van der Waals surface area contributed by atoms with Crippen LogP contribution in [0.2, 0.25) is 5.02 Å². The number of sulfonamides is 1. The van der Waals surface area contributed by atoms with Crippen LogP contribution in [-0.2, 0) is 10.0 Å². The van der Waals surface area contributed by atoms with Crippen molar-refractivity contribution in [2.75, 3.05) is 17.9 Å². The molecule has 7 heteroatoms. The molecule has 0 saturated heterocycles. The van der Waals surface area contributed by atoms with Crippen LogP contribution in [0.25, 0.3) is 0 Å². The SMILES string of the molecule is NCCOc1ccc(NS(=O)(=O)c2ccccc2Cl)cc1. The smallest absolute Gasteiger partial charge is 0.263 e. The molecule has 2 aromatic rings. The summed E-state index contributed by atoms with van der Waals surface area (Å²) in [6.07, 6.45) is 0. The first-order valence-electron chi connectivity index (χ1n) is 6.23. The highest BCUT2D eigenvalue weighted by Gasteiger charge is 2.17. The van der Waals surface area contributed by atoms with Crippen molar-refractivity contribution < 1.29 is 13.2 Å². The van der Waals surface area contributed by atoms with Crippen LogP contribution in [0.15, 0.2) is 53.4 Å². The molecule has 0 aliphatic carbocycles. The monoisotopic (exact) mass is 326 g/mol. The third-order valence-corrected chi connectivity index (χ3v) is 4.50. The molecule has 0 heterocycles. The van der Waals surface area contributed by atoms with E-state index in [-0.39, 0.29) is 9.92 Å². The molecule has 0 unspecified atom stereocenters. The predicted octanol–water partition coefficient (Wildman–Crippen LogP) is 2.48. The van der Waals surface area contributed by atoms with Crippen molar-refractivity contribution in [3.8, 4) is 5.75 Å². The van der Waals surface area contributed by atoms with Crippen LogP contribution in [0.5, 0.6) is 5.75 Å². The Balaban J connectivity index is 2.16. The van der Waals surface area contributed by atoms with Crippen LogP contribution in [0.3, 0.4) is 0 Å². The van der Waals surface area contributed by atoms with E-state index in [9.17, 15) is 8.42 Å². The van der Waals surface area contributed by atoms with Gasteiger partial charge in [-0.1, -0.05) is 23.7 Å². The lowest BCUT2D eigenvalue weighted by atomic mass is 10.3. The van der Waals surface area contributed by atoms with Gasteiger partial charge < -0.3 is 10.5 Å². The normalized spacial score (nSPS) is 11.1. The van der Waals surface area contributed by atoms with Gasteiger partial charge in [-0.05, 0) is 36.4 Å². The maximum Gasteiger partial charge on any atom is 0.263 e. The largest absolute Gasteiger partial charge is 0.492 e. The highest BCUT2D eigenvalue weighted by Crippen LogP contribution is 2.24. The van der Waals surface area contributed by atoms with Crippen LogP contribution in [-0.4, -0.2) is 21.6 Å². The molecule has 0 fully saturated rings. The fourth-order valence-corrected chi connectivity index (χ4v) is 3.25. The van der Waals surface area contributed by atoms with Crippen LogP contribution in [0.4, 0.5) is 5.69 Å². The van der Waals surface area contributed by atoms with E-state index in [1.54, 1.807) is 36.4 Å². The Hall–Kier alpha value is -1.76. The van der Waals surface area contributed by atoms with Gasteiger partial charge in [0, 0.05) is 12.2 Å². The molecule has 0 radical (unpaired) electrons. The minimum Gasteiger partial charge on any atom is -0.492 e. The number of anilines is 1. The Morgan fingerprint density at radius 2 is 1.76 bits per heavy atom. The molecule has 0 aromatic heterocycles. The third kappa shape index (κ3) is 4.10. The molecule has 0 atom stereocenters. The number of rotatable bonds is 6. The van der Waals surface area contributed by atoms with Gasteiger partial charge in [0.05, 0.1) is 5.02 Å². The molecule has 0 spiro atoms. The van der Waals surface area contributed by atoms with Gasteiger partial charge in [0.1, 0.15) is 17.3 Å². The number of hydrogen-bond acceptors (Lipinski definition) is 4. The van der Waals surface area contributed by atoms with Crippen LogP contribution < -0.4 is 15.2 Å². The van der Waals surface area contributed by atoms with E-state index in [4.69, 9.17) is 22.1 Å². The van der Waals surface area contributed by atoms with Crippen molar-refractivity contribution in [2.24, 2.45) is 5.73 Å². The summed E-state index contributed by atoms with van der Waals surface area (Å²) in [5, 5.41) is 0.174. The van der Waals surface area contributed by atoms with Crippen LogP contribution in [0, 0.1) is 0 Å². The Morgan fingerprint density at radius 1 is 1.10 bits per heavy atom. The lowest BCUT2D eigenvalue weighted by Crippen LogP contribution is -2.13. The van der Waals surface area contributed by atoms with Crippen molar-refractivity contribution >= 4 is 27.3 Å². The summed E-state index contributed by atoms with van der Waals surface area (Å²) < 4.78 is 32.3. The molecule has 112 valence electrons. The van der Waals surface area contributed by atoms with Gasteiger partial charge in [-0.2, -0.15) is 0 Å². The Labute approximate surface area is 128 Å². The zero-order valence-corrected chi connectivity index (χ0v) is 12.7. The molecular weight excluding hydrogens is 312 g/mol. The van der Waals surface area contributed by atoms with Crippen molar-refractivity contribution in [3.05, 3.63) is 53.6 Å². The van der Waals surface area contributed by atoms with Gasteiger partial charge in [0.25, 0.3) is 10.0 Å². The summed E-state index contributed by atoms with van der Waals surface area (Å²) in [5.74, 6) is 0.626. The topological polar surface area (TPSA) is 81.4 Å². The minimum atomic E-state index is -3.72. The number of nitrogens with two attached hydrogens (primary N) is 1. The van der Waals surface area contributed by atoms with Gasteiger partial charge in [0.2, 0.25) is 0 Å². The predicted molar refractivity (Wildman–Crippen MR) is 83.3 cm³/mol. The third-order valence-electron chi connectivity index (χ3n) is 2.62. The second-order valence-corrected chi connectivity index (χ2v) is 6.26. The quantitative estimate of drug-likeness (QED) is 0.854. The zero-order valence-electron chi connectivity index (χ0n) is 11.1. The van der Waals surface area contributed by atoms with E-state index in [0.29, 0.717) is 24.6 Å². The van der Waals surface area contributed by atoms with E-state index in [1.807, 2.05) is 0 Å². The van der Waals surface area contributed by atoms with Gasteiger partial charge in [0.15, 0.2) is 0 Å². The molecular formula is C14H15ClN2O3S. The summed E-state index contributed by atoms with van der Waals surface area (Å²) in [5.41, 5.74) is 5.76. The number of halogens is 1. The number of ether oxygens (including phenoxy) is 1. The minimum absolute atomic E-state index is 0.0372. The van der Waals surface area contributed by atoms with E-state index < -0.39 is 10.0 Å². The van der Waals surface area contributed by atoms with Crippen molar-refractivity contribution in [2.45, 2.75) is 4.90 Å². The van der Waals surface area contributed by atoms with Crippen LogP contribution >= 0.6 is 11.6 Å². The number of benzene rings is 2. The molecule has 2 rings (SSSR count). The first-order chi connectivity index (χ1) is 10.0. The summed E-state index contributed by atoms with van der Waals surface area (Å²) in [6, 6.07) is 12.8. The second-order valence-electron chi connectivity index (χ2n) is 4.20. The maximum absolute atomic E-state index is 12.2. The fraction of sp³-hybridized carbons (Fsp3) is 0.143. The molecule has 2 aromatic carbocycles. The molecule has 0 aliphatic rings. The van der Waals surface area contributed by atoms with Gasteiger partial charge >= 0.3 is 0 Å². The van der Waals surface area contributed by atoms with Crippen LogP contribution in [0.1, 0.15) is 0 Å². The lowest BCUT2D eigenvalue weighted by molar-refractivity contribution is 0.328. The Morgan fingerprint density at radius 3 is 2.38 bits per heavy atom. The maximum atomic E-state index is 12.2. The number of nitrogens with one attached hydrogen (secondary N) is 1. The highest BCUT2D eigenvalue weighted by molar-refractivity contribution is 7.92. The fourth-order valence-electron chi connectivity index (χ4n) is 1.67. The molecule has 21 heavy (non-hydrogen) atoms. The summed E-state index contributed by atoms with van der Waals surface area (Å²) in [4.78, 5) is 0.0372. The standard InChI is InChI=1S/C14H15ClN2O3S/c15-13-3-1-2-4-14(13)21(18,19)17-11-5-7-12(8-6-11)20-10-9-16/h1-8,17H,9-10,16H2. The van der Waals surface area contributed by atoms with Gasteiger partial charge in [-0.15, -0.1) is 0 Å². The molecule has 0 saturated carbocycles. The zero-order chi connectivity index (χ0) is 15.3. The molecule has 0 bridgehead atoms. The van der Waals surface area contributed by atoms with Crippen molar-refractivity contribution in [3.63, 3.8) is 0 Å². The van der Waals surface area contributed by atoms with Crippen molar-refractivity contribution in [1.29, 1.82) is 0 Å². The lowest BCUT2D eigenvalue weighted by Gasteiger charge is -2.10.